The van der Waals surface area contributed by atoms with Crippen LogP contribution in [0.4, 0.5) is 0 Å². The highest BCUT2D eigenvalue weighted by Crippen LogP contribution is 2.37. The zero-order valence-electron chi connectivity index (χ0n) is 5.66. The Kier molecular flexibility index (Phi) is 3.26. The quantitative estimate of drug-likeness (QED) is 0.596. The van der Waals surface area contributed by atoms with Gasteiger partial charge in [0.05, 0.1) is 0 Å². The summed E-state index contributed by atoms with van der Waals surface area (Å²) in [5, 5.41) is 7.82. The predicted octanol–water partition coefficient (Wildman–Crippen LogP) is 1.23. The Balaban J connectivity index is 4.09. The molecule has 0 aromatic carbocycles. The molecule has 0 rings (SSSR count). The lowest BCUT2D eigenvalue weighted by atomic mass is 10.2. The minimum atomic E-state index is -2.44. The third kappa shape index (κ3) is 2.01. The van der Waals surface area contributed by atoms with Crippen molar-refractivity contribution in [2.75, 3.05) is 0 Å². The summed E-state index contributed by atoms with van der Waals surface area (Å²) in [6, 6.07) is 0. The monoisotopic (exact) mass is 151 g/mol. The molecule has 0 heterocycles. The van der Waals surface area contributed by atoms with Gasteiger partial charge >= 0.3 is 8.03 Å². The fourth-order valence-electron chi connectivity index (χ4n) is 0.521. The van der Waals surface area contributed by atoms with Crippen LogP contribution < -0.4 is 0 Å². The van der Waals surface area contributed by atoms with Crippen LogP contribution in [0.3, 0.4) is 0 Å². The third-order valence-corrected chi connectivity index (χ3v) is 2.83. The maximum absolute atomic E-state index is 10.4. The van der Waals surface area contributed by atoms with E-state index < -0.39 is 13.4 Å². The van der Waals surface area contributed by atoms with Crippen molar-refractivity contribution in [2.45, 2.75) is 32.0 Å². The summed E-state index contributed by atoms with van der Waals surface area (Å²) in [5.74, 6) is 0. The highest BCUT2D eigenvalue weighted by molar-refractivity contribution is 7.39. The molecular weight excluding hydrogens is 139 g/mol. The first-order valence-electron chi connectivity index (χ1n) is 2.95. The topological polar surface area (TPSA) is 57.5 Å². The summed E-state index contributed by atoms with van der Waals surface area (Å²) in [7, 11) is -2.44. The molecule has 2 N–H and O–H groups in total. The normalized spacial score (nSPS) is 13.6. The van der Waals surface area contributed by atoms with Crippen molar-refractivity contribution < 1.29 is 14.6 Å². The lowest BCUT2D eigenvalue weighted by Crippen LogP contribution is -2.20. The Morgan fingerprint density at radius 2 is 1.78 bits per heavy atom. The zero-order chi connectivity index (χ0) is 7.49. The highest BCUT2D eigenvalue weighted by atomic mass is 31.1. The number of hydrogen-bond donors (Lipinski definition) is 2. The van der Waals surface area contributed by atoms with Crippen molar-refractivity contribution >= 4 is 8.03 Å². The van der Waals surface area contributed by atoms with Crippen LogP contribution in [-0.4, -0.2) is 15.3 Å². The van der Waals surface area contributed by atoms with E-state index in [1.807, 2.05) is 0 Å². The molecule has 0 bridgehead atoms. The van der Waals surface area contributed by atoms with Crippen LogP contribution in [0.1, 0.15) is 26.7 Å². The smallest absolute Gasteiger partial charge is 0.346 e. The maximum Gasteiger partial charge on any atom is 0.540 e. The van der Waals surface area contributed by atoms with E-state index in [0.29, 0.717) is 12.8 Å². The number of hydrogen-bond acceptors (Lipinski definition) is 2. The fourth-order valence-corrected chi connectivity index (χ4v) is 1.06. The summed E-state index contributed by atoms with van der Waals surface area (Å²) in [6.45, 7) is 3.37. The molecule has 1 atom stereocenters. The van der Waals surface area contributed by atoms with E-state index in [1.54, 1.807) is 13.8 Å². The number of aliphatic hydroxyl groups is 1. The van der Waals surface area contributed by atoms with Gasteiger partial charge in [0.15, 0.2) is 0 Å². The van der Waals surface area contributed by atoms with E-state index in [-0.39, 0.29) is 0 Å². The first-order valence-corrected chi connectivity index (χ1v) is 4.16. The Bertz CT molecular complexity index is 109. The summed E-state index contributed by atoms with van der Waals surface area (Å²) in [6.07, 6.45) is 0.657. The van der Waals surface area contributed by atoms with Gasteiger partial charge in [-0.25, -0.2) is 0 Å². The Labute approximate surface area is 55.6 Å². The number of rotatable bonds is 3. The molecule has 54 valence electrons. The van der Waals surface area contributed by atoms with Crippen LogP contribution >= 0.6 is 8.03 Å². The van der Waals surface area contributed by atoms with Crippen LogP contribution in [0.5, 0.6) is 0 Å². The Morgan fingerprint density at radius 3 is 1.78 bits per heavy atom. The van der Waals surface area contributed by atoms with Gasteiger partial charge in [-0.05, 0) is 4.57 Å². The van der Waals surface area contributed by atoms with E-state index in [9.17, 15) is 9.67 Å². The van der Waals surface area contributed by atoms with Crippen molar-refractivity contribution in [3.63, 3.8) is 0 Å². The van der Waals surface area contributed by atoms with Gasteiger partial charge in [0.2, 0.25) is 0 Å². The molecule has 0 saturated heterocycles. The van der Waals surface area contributed by atoms with Gasteiger partial charge in [-0.3, -0.25) is 0 Å². The molecule has 9 heavy (non-hydrogen) atoms. The molecule has 4 heteroatoms. The first-order chi connectivity index (χ1) is 4.06. The second-order valence-corrected chi connectivity index (χ2v) is 3.34. The highest BCUT2D eigenvalue weighted by Gasteiger charge is 2.43. The molecule has 0 fully saturated rings. The van der Waals surface area contributed by atoms with Crippen molar-refractivity contribution in [3.8, 4) is 0 Å². The fraction of sp³-hybridized carbons (Fsp3) is 1.00. The van der Waals surface area contributed by atoms with Crippen LogP contribution in [0.15, 0.2) is 0 Å². The van der Waals surface area contributed by atoms with Crippen molar-refractivity contribution in [3.05, 3.63) is 0 Å². The maximum atomic E-state index is 10.4. The minimum absolute atomic E-state index is 0.329. The SMILES string of the molecule is CCC(O)(CC)[P+](=O)O. The molecule has 0 aliphatic carbocycles. The first kappa shape index (κ1) is 9.02. The second-order valence-electron chi connectivity index (χ2n) is 1.96. The van der Waals surface area contributed by atoms with Gasteiger partial charge in [-0.2, -0.15) is 4.89 Å². The van der Waals surface area contributed by atoms with Gasteiger partial charge < -0.3 is 5.11 Å². The van der Waals surface area contributed by atoms with Gasteiger partial charge in [-0.1, -0.05) is 13.8 Å². The molecule has 0 spiro atoms. The van der Waals surface area contributed by atoms with E-state index in [0.717, 1.165) is 0 Å². The molecule has 0 aromatic rings. The summed E-state index contributed by atoms with van der Waals surface area (Å²) >= 11 is 0. The molecule has 0 aliphatic heterocycles. The standard InChI is InChI=1S/C5H11O3P/c1-3-5(6,4-2)9(7)8/h6H,3-4H2,1-2H3/p+1. The van der Waals surface area contributed by atoms with Gasteiger partial charge in [0.25, 0.3) is 5.34 Å². The van der Waals surface area contributed by atoms with Crippen LogP contribution in [0, 0.1) is 0 Å². The van der Waals surface area contributed by atoms with Crippen LogP contribution in [0.25, 0.3) is 0 Å². The van der Waals surface area contributed by atoms with Gasteiger partial charge in [0.1, 0.15) is 0 Å². The lowest BCUT2D eigenvalue weighted by molar-refractivity contribution is 0.107. The van der Waals surface area contributed by atoms with Crippen molar-refractivity contribution in [2.24, 2.45) is 0 Å². The molecule has 0 aromatic heterocycles. The van der Waals surface area contributed by atoms with E-state index in [1.165, 1.54) is 0 Å². The molecule has 0 saturated carbocycles. The second kappa shape index (κ2) is 3.25. The Hall–Kier alpha value is 0.0200. The van der Waals surface area contributed by atoms with Gasteiger partial charge in [-0.15, -0.1) is 0 Å². The zero-order valence-corrected chi connectivity index (χ0v) is 6.56. The van der Waals surface area contributed by atoms with Crippen molar-refractivity contribution in [1.29, 1.82) is 0 Å². The van der Waals surface area contributed by atoms with E-state index >= 15 is 0 Å². The van der Waals surface area contributed by atoms with Crippen LogP contribution in [-0.2, 0) is 4.57 Å². The molecule has 1 unspecified atom stereocenters. The summed E-state index contributed by atoms with van der Waals surface area (Å²) < 4.78 is 10.4. The molecule has 0 aliphatic rings. The average molecular weight is 151 g/mol. The van der Waals surface area contributed by atoms with Gasteiger partial charge in [0, 0.05) is 12.8 Å². The average Bonchev–Trinajstić information content (AvgIpc) is 1.86. The molecule has 0 radical (unpaired) electrons. The Morgan fingerprint density at radius 1 is 1.44 bits per heavy atom. The predicted molar refractivity (Wildman–Crippen MR) is 35.4 cm³/mol. The summed E-state index contributed by atoms with van der Waals surface area (Å²) in [5.41, 5.74) is 0. The largest absolute Gasteiger partial charge is 0.540 e. The molecular formula is C5H12O3P+. The van der Waals surface area contributed by atoms with Crippen LogP contribution in [0.2, 0.25) is 0 Å². The molecule has 0 amide bonds. The minimum Gasteiger partial charge on any atom is -0.346 e. The van der Waals surface area contributed by atoms with E-state index in [2.05, 4.69) is 0 Å². The third-order valence-electron chi connectivity index (χ3n) is 1.49. The van der Waals surface area contributed by atoms with Crippen molar-refractivity contribution in [1.82, 2.24) is 0 Å². The summed E-state index contributed by atoms with van der Waals surface area (Å²) in [4.78, 5) is 8.53. The molecule has 3 nitrogen and oxygen atoms in total. The lowest BCUT2D eigenvalue weighted by Gasteiger charge is -2.07. The van der Waals surface area contributed by atoms with E-state index in [4.69, 9.17) is 4.89 Å².